The molecule has 2 unspecified atom stereocenters. The molecule has 0 aromatic heterocycles. The van der Waals surface area contributed by atoms with Crippen molar-refractivity contribution in [3.63, 3.8) is 0 Å². The van der Waals surface area contributed by atoms with Crippen LogP contribution >= 0.6 is 47.0 Å². The smallest absolute Gasteiger partial charge is 0.350 e. The van der Waals surface area contributed by atoms with Crippen LogP contribution < -0.4 is 9.47 Å². The number of nitriles is 2. The highest BCUT2D eigenvalue weighted by molar-refractivity contribution is 8.26. The summed E-state index contributed by atoms with van der Waals surface area (Å²) in [6, 6.07) is 4.11. The summed E-state index contributed by atoms with van der Waals surface area (Å²) in [7, 11) is 0. The Morgan fingerprint density at radius 2 is 0.981 bits per heavy atom. The maximum atomic E-state index is 13.2. The third-order valence-corrected chi connectivity index (χ3v) is 14.2. The zero-order chi connectivity index (χ0) is 40.1. The number of hydrogen-bond donors (Lipinski definition) is 2. The van der Waals surface area contributed by atoms with Crippen LogP contribution in [0.5, 0.6) is 11.5 Å². The van der Waals surface area contributed by atoms with Gasteiger partial charge >= 0.3 is 11.9 Å². The molecule has 0 bridgehead atoms. The summed E-state index contributed by atoms with van der Waals surface area (Å²) in [6.07, 6.45) is 8.54. The van der Waals surface area contributed by atoms with E-state index in [9.17, 15) is 30.3 Å². The minimum absolute atomic E-state index is 0.0454. The van der Waals surface area contributed by atoms with Crippen LogP contribution in [-0.4, -0.2) is 59.8 Å². The van der Waals surface area contributed by atoms with Crippen LogP contribution in [0, 0.1) is 34.5 Å². The number of fused-ring (bicyclic) bond motifs is 2. The minimum Gasteiger partial charge on any atom is -0.491 e. The maximum Gasteiger partial charge on any atom is 0.350 e. The lowest BCUT2D eigenvalue weighted by Gasteiger charge is -2.22. The molecule has 0 spiro atoms. The number of ether oxygens (including phenoxy) is 4. The lowest BCUT2D eigenvalue weighted by molar-refractivity contribution is -0.140. The van der Waals surface area contributed by atoms with Gasteiger partial charge in [0.05, 0.1) is 65.7 Å². The molecule has 0 aliphatic carbocycles. The standard InChI is InChI=1S/C40H56N2O8S4/c1-9-13-15-25(11-3)23-49-29-31-33(53-37(51-31)27(21-41)35(43)47-19-17-39(5,6)45)30(50-24-26(12-4)16-14-10-2)34-32(29)52-38(54-34)28(22-42)36(44)48-20-18-40(7,8)46/h25-26,45-46H,9-20,23-24H2,1-8H3. The van der Waals surface area contributed by atoms with Gasteiger partial charge in [0.25, 0.3) is 0 Å². The monoisotopic (exact) mass is 820 g/mol. The van der Waals surface area contributed by atoms with Crippen LogP contribution in [-0.2, 0) is 19.1 Å². The number of carbonyl (C=O) groups excluding carboxylic acids is 2. The predicted octanol–water partition coefficient (Wildman–Crippen LogP) is 10.2. The first-order chi connectivity index (χ1) is 25.6. The third-order valence-electron chi connectivity index (χ3n) is 8.96. The fourth-order valence-electron chi connectivity index (χ4n) is 5.35. The molecule has 10 nitrogen and oxygen atoms in total. The highest BCUT2D eigenvalue weighted by Gasteiger charge is 2.40. The van der Waals surface area contributed by atoms with Gasteiger partial charge in [-0.3, -0.25) is 0 Å². The Hall–Kier alpha value is -2.46. The number of unbranched alkanes of at least 4 members (excludes halogenated alkanes) is 2. The second-order valence-corrected chi connectivity index (χ2v) is 19.4. The molecule has 2 N–H and O–H groups in total. The molecular formula is C40H56N2O8S4. The highest BCUT2D eigenvalue weighted by atomic mass is 32.2. The number of carbonyl (C=O) groups is 2. The number of hydrogen-bond acceptors (Lipinski definition) is 14. The Balaban J connectivity index is 2.18. The summed E-state index contributed by atoms with van der Waals surface area (Å²) in [6.45, 7) is 15.9. The number of rotatable bonds is 22. The lowest BCUT2D eigenvalue weighted by atomic mass is 10.0. The first kappa shape index (κ1) is 45.9. The summed E-state index contributed by atoms with van der Waals surface area (Å²) in [5.74, 6) is 0.157. The molecule has 1 aromatic rings. The first-order valence-electron chi connectivity index (χ1n) is 18.9. The molecule has 1 aromatic carbocycles. The second kappa shape index (κ2) is 21.7. The minimum atomic E-state index is -1.03. The van der Waals surface area contributed by atoms with Crippen molar-refractivity contribution in [2.75, 3.05) is 26.4 Å². The molecule has 0 saturated heterocycles. The van der Waals surface area contributed by atoms with Gasteiger partial charge in [-0.2, -0.15) is 10.5 Å². The van der Waals surface area contributed by atoms with Crippen molar-refractivity contribution in [3.05, 3.63) is 19.6 Å². The van der Waals surface area contributed by atoms with Gasteiger partial charge in [-0.1, -0.05) is 113 Å². The molecule has 0 saturated carbocycles. The van der Waals surface area contributed by atoms with E-state index in [1.165, 1.54) is 47.0 Å². The second-order valence-electron chi connectivity index (χ2n) is 14.8. The van der Waals surface area contributed by atoms with Gasteiger partial charge in [-0.25, -0.2) is 9.59 Å². The number of esters is 2. The van der Waals surface area contributed by atoms with Gasteiger partial charge in [0.1, 0.15) is 23.6 Å². The molecule has 2 atom stereocenters. The van der Waals surface area contributed by atoms with Crippen LogP contribution in [0.2, 0.25) is 0 Å². The van der Waals surface area contributed by atoms with Crippen LogP contribution in [0.15, 0.2) is 39.2 Å². The Morgan fingerprint density at radius 1 is 0.648 bits per heavy atom. The lowest BCUT2D eigenvalue weighted by Crippen LogP contribution is -2.22. The van der Waals surface area contributed by atoms with Gasteiger partial charge in [0.15, 0.2) is 11.1 Å². The Morgan fingerprint density at radius 3 is 1.24 bits per heavy atom. The van der Waals surface area contributed by atoms with Crippen molar-refractivity contribution in [3.8, 4) is 23.6 Å². The van der Waals surface area contributed by atoms with E-state index in [2.05, 4.69) is 39.8 Å². The highest BCUT2D eigenvalue weighted by Crippen LogP contribution is 2.68. The predicted molar refractivity (Wildman–Crippen MR) is 216 cm³/mol. The van der Waals surface area contributed by atoms with E-state index in [-0.39, 0.29) is 37.2 Å². The quantitative estimate of drug-likeness (QED) is 0.0646. The summed E-state index contributed by atoms with van der Waals surface area (Å²) >= 11 is 5.02. The average Bonchev–Trinajstić information content (AvgIpc) is 3.73. The van der Waals surface area contributed by atoms with Crippen LogP contribution in [0.1, 0.15) is 120 Å². The fraction of sp³-hybridized carbons (Fsp3) is 0.650. The molecule has 3 rings (SSSR count). The largest absolute Gasteiger partial charge is 0.491 e. The molecular weight excluding hydrogens is 765 g/mol. The Kier molecular flexibility index (Phi) is 18.5. The van der Waals surface area contributed by atoms with Crippen LogP contribution in [0.25, 0.3) is 0 Å². The van der Waals surface area contributed by atoms with Crippen molar-refractivity contribution >= 4 is 59.0 Å². The molecule has 14 heteroatoms. The molecule has 54 heavy (non-hydrogen) atoms. The molecule has 0 fully saturated rings. The molecule has 0 amide bonds. The van der Waals surface area contributed by atoms with Crippen molar-refractivity contribution in [2.24, 2.45) is 11.8 Å². The third kappa shape index (κ3) is 13.3. The van der Waals surface area contributed by atoms with Crippen LogP contribution in [0.4, 0.5) is 0 Å². The van der Waals surface area contributed by atoms with E-state index in [1.807, 2.05) is 0 Å². The molecule has 2 aliphatic heterocycles. The Labute approximate surface area is 338 Å². The van der Waals surface area contributed by atoms with Gasteiger partial charge in [-0.15, -0.1) is 0 Å². The zero-order valence-electron chi connectivity index (χ0n) is 32.9. The van der Waals surface area contributed by atoms with E-state index in [1.54, 1.807) is 27.7 Å². The maximum absolute atomic E-state index is 13.2. The van der Waals surface area contributed by atoms with Gasteiger partial charge in [-0.05, 0) is 52.4 Å². The van der Waals surface area contributed by atoms with Crippen LogP contribution in [0.3, 0.4) is 0 Å². The van der Waals surface area contributed by atoms with E-state index < -0.39 is 23.1 Å². The van der Waals surface area contributed by atoms with Gasteiger partial charge in [0.2, 0.25) is 0 Å². The first-order valence-corrected chi connectivity index (χ1v) is 22.2. The fourth-order valence-corrected chi connectivity index (χ4v) is 10.7. The van der Waals surface area contributed by atoms with Crippen molar-refractivity contribution in [1.82, 2.24) is 0 Å². The zero-order valence-corrected chi connectivity index (χ0v) is 36.2. The molecule has 2 aliphatic rings. The topological polar surface area (TPSA) is 159 Å². The van der Waals surface area contributed by atoms with E-state index in [0.717, 1.165) is 51.4 Å². The summed E-state index contributed by atoms with van der Waals surface area (Å²) < 4.78 is 25.2. The molecule has 2 heterocycles. The van der Waals surface area contributed by atoms with Gasteiger partial charge < -0.3 is 29.2 Å². The van der Waals surface area contributed by atoms with Crippen molar-refractivity contribution in [1.29, 1.82) is 10.5 Å². The normalized spacial score (nSPS) is 14.7. The average molecular weight is 821 g/mol. The molecule has 298 valence electrons. The SMILES string of the molecule is CCCCC(CC)COc1c2c(c(OCC(CC)CCCC)c3c1SC(=C(C#N)C(=O)OCCC(C)(C)O)S3)SC(=C(C#N)C(=O)OCCC(C)(C)O)S2. The van der Waals surface area contributed by atoms with Gasteiger partial charge in [0, 0.05) is 12.8 Å². The Bertz CT molecular complexity index is 1470. The van der Waals surface area contributed by atoms with E-state index in [0.29, 0.717) is 64.6 Å². The molecule has 0 radical (unpaired) electrons. The number of aliphatic hydroxyl groups is 2. The summed E-state index contributed by atoms with van der Waals surface area (Å²) in [5, 5.41) is 40.6. The van der Waals surface area contributed by atoms with Crippen molar-refractivity contribution in [2.45, 2.75) is 150 Å². The van der Waals surface area contributed by atoms with E-state index >= 15 is 0 Å². The van der Waals surface area contributed by atoms with E-state index in [4.69, 9.17) is 18.9 Å². The number of nitrogens with zero attached hydrogens (tertiary/aromatic N) is 2. The van der Waals surface area contributed by atoms with Crippen molar-refractivity contribution < 1.29 is 38.7 Å². The summed E-state index contributed by atoms with van der Waals surface area (Å²) in [4.78, 5) is 29.3. The summed E-state index contributed by atoms with van der Waals surface area (Å²) in [5.41, 5.74) is -2.35. The number of thioether (sulfide) groups is 4. The number of benzene rings is 1.